The number of carbonyl (C=O) groups excluding carboxylic acids is 1. The molecule has 1 heterocycles. The molecule has 1 aliphatic carbocycles. The number of carboxylic acids is 1. The maximum Gasteiger partial charge on any atom is 0.306 e. The number of benzene rings is 1. The molecule has 0 spiro atoms. The molecule has 2 aliphatic rings. The Balaban J connectivity index is 1.82. The van der Waals surface area contributed by atoms with Gasteiger partial charge in [-0.2, -0.15) is 0 Å². The molecule has 6 heteroatoms. The number of rotatable bonds is 4. The standard InChI is InChI=1S/C18H22BrNO4/c19-14-5-3-13(4-6-14)18(7-1-2-8-18)17(23)20-9-10-24-15(12-20)11-16(21)22/h3-6,15H,1-2,7-12H2,(H,21,22). The summed E-state index contributed by atoms with van der Waals surface area (Å²) in [4.78, 5) is 26.1. The van der Waals surface area contributed by atoms with Gasteiger partial charge in [0.2, 0.25) is 5.91 Å². The molecule has 0 radical (unpaired) electrons. The third-order valence-corrected chi connectivity index (χ3v) is 5.62. The minimum atomic E-state index is -0.891. The summed E-state index contributed by atoms with van der Waals surface area (Å²) in [5.41, 5.74) is 0.598. The van der Waals surface area contributed by atoms with E-state index < -0.39 is 17.5 Å². The van der Waals surface area contributed by atoms with Crippen LogP contribution in [0.1, 0.15) is 37.7 Å². The summed E-state index contributed by atoms with van der Waals surface area (Å²) in [6, 6.07) is 8.02. The third-order valence-electron chi connectivity index (χ3n) is 5.09. The van der Waals surface area contributed by atoms with E-state index in [0.717, 1.165) is 35.7 Å². The van der Waals surface area contributed by atoms with Gasteiger partial charge in [-0.3, -0.25) is 9.59 Å². The molecule has 5 nitrogen and oxygen atoms in total. The highest BCUT2D eigenvalue weighted by Gasteiger charge is 2.45. The van der Waals surface area contributed by atoms with Gasteiger partial charge < -0.3 is 14.7 Å². The van der Waals surface area contributed by atoms with Crippen molar-refractivity contribution in [1.82, 2.24) is 4.90 Å². The smallest absolute Gasteiger partial charge is 0.306 e. The van der Waals surface area contributed by atoms with Gasteiger partial charge in [-0.05, 0) is 30.5 Å². The highest BCUT2D eigenvalue weighted by molar-refractivity contribution is 9.10. The molecule has 1 saturated carbocycles. The maximum absolute atomic E-state index is 13.4. The van der Waals surface area contributed by atoms with Gasteiger partial charge in [0.15, 0.2) is 0 Å². The lowest BCUT2D eigenvalue weighted by atomic mass is 9.77. The fourth-order valence-corrected chi connectivity index (χ4v) is 4.16. The van der Waals surface area contributed by atoms with Crippen molar-refractivity contribution in [3.63, 3.8) is 0 Å². The van der Waals surface area contributed by atoms with Gasteiger partial charge >= 0.3 is 5.97 Å². The van der Waals surface area contributed by atoms with Crippen molar-refractivity contribution in [3.05, 3.63) is 34.3 Å². The SMILES string of the molecule is O=C(O)CC1CN(C(=O)C2(c3ccc(Br)cc3)CCCC2)CCO1. The van der Waals surface area contributed by atoms with Crippen molar-refractivity contribution in [2.45, 2.75) is 43.6 Å². The van der Waals surface area contributed by atoms with E-state index in [-0.39, 0.29) is 12.3 Å². The molecule has 1 N–H and O–H groups in total. The molecule has 1 aromatic rings. The predicted octanol–water partition coefficient (Wildman–Crippen LogP) is 2.96. The minimum absolute atomic E-state index is 0.0605. The second kappa shape index (κ2) is 7.23. The van der Waals surface area contributed by atoms with Crippen molar-refractivity contribution in [1.29, 1.82) is 0 Å². The Labute approximate surface area is 150 Å². The molecule has 24 heavy (non-hydrogen) atoms. The second-order valence-corrected chi connectivity index (χ2v) is 7.55. The Bertz CT molecular complexity index is 610. The Hall–Kier alpha value is -1.40. The van der Waals surface area contributed by atoms with E-state index in [4.69, 9.17) is 9.84 Å². The molecule has 1 aromatic carbocycles. The highest BCUT2D eigenvalue weighted by Crippen LogP contribution is 2.43. The van der Waals surface area contributed by atoms with Crippen LogP contribution in [0.2, 0.25) is 0 Å². The van der Waals surface area contributed by atoms with Crippen LogP contribution in [0, 0.1) is 0 Å². The van der Waals surface area contributed by atoms with Crippen LogP contribution in [-0.2, 0) is 19.7 Å². The zero-order valence-corrected chi connectivity index (χ0v) is 15.1. The summed E-state index contributed by atoms with van der Waals surface area (Å²) in [6.07, 6.45) is 3.33. The molecule has 2 fully saturated rings. The van der Waals surface area contributed by atoms with E-state index in [1.54, 1.807) is 0 Å². The van der Waals surface area contributed by atoms with Crippen LogP contribution in [-0.4, -0.2) is 47.7 Å². The zero-order valence-electron chi connectivity index (χ0n) is 13.5. The Morgan fingerprint density at radius 1 is 1.25 bits per heavy atom. The van der Waals surface area contributed by atoms with Crippen LogP contribution >= 0.6 is 15.9 Å². The largest absolute Gasteiger partial charge is 0.481 e. The quantitative estimate of drug-likeness (QED) is 0.850. The summed E-state index contributed by atoms with van der Waals surface area (Å²) in [6.45, 7) is 1.30. The molecule has 0 bridgehead atoms. The van der Waals surface area contributed by atoms with Gasteiger partial charge in [-0.1, -0.05) is 40.9 Å². The average molecular weight is 396 g/mol. The molecule has 1 saturated heterocycles. The first-order valence-corrected chi connectivity index (χ1v) is 9.19. The molecule has 1 aliphatic heterocycles. The summed E-state index contributed by atoms with van der Waals surface area (Å²) < 4.78 is 6.51. The third kappa shape index (κ3) is 3.49. The van der Waals surface area contributed by atoms with Crippen LogP contribution < -0.4 is 0 Å². The number of nitrogens with zero attached hydrogens (tertiary/aromatic N) is 1. The number of aliphatic carboxylic acids is 1. The number of carbonyl (C=O) groups is 2. The highest BCUT2D eigenvalue weighted by atomic mass is 79.9. The number of halogens is 1. The van der Waals surface area contributed by atoms with Crippen LogP contribution in [0.15, 0.2) is 28.7 Å². The van der Waals surface area contributed by atoms with Crippen LogP contribution in [0.5, 0.6) is 0 Å². The minimum Gasteiger partial charge on any atom is -0.481 e. The first kappa shape index (κ1) is 17.4. The zero-order chi connectivity index (χ0) is 17.2. The van der Waals surface area contributed by atoms with E-state index in [9.17, 15) is 9.59 Å². The van der Waals surface area contributed by atoms with Gasteiger partial charge in [0.25, 0.3) is 0 Å². The number of hydrogen-bond donors (Lipinski definition) is 1. The summed E-state index contributed by atoms with van der Waals surface area (Å²) in [5.74, 6) is -0.765. The number of ether oxygens (including phenoxy) is 1. The van der Waals surface area contributed by atoms with Gasteiger partial charge in [0, 0.05) is 17.6 Å². The monoisotopic (exact) mass is 395 g/mol. The van der Waals surface area contributed by atoms with E-state index >= 15 is 0 Å². The van der Waals surface area contributed by atoms with E-state index in [1.807, 2.05) is 29.2 Å². The van der Waals surface area contributed by atoms with Gasteiger partial charge in [0.05, 0.1) is 24.5 Å². The van der Waals surface area contributed by atoms with E-state index in [1.165, 1.54) is 0 Å². The van der Waals surface area contributed by atoms with Crippen molar-refractivity contribution in [2.75, 3.05) is 19.7 Å². The number of morpholine rings is 1. The van der Waals surface area contributed by atoms with Crippen LogP contribution in [0.4, 0.5) is 0 Å². The molecule has 1 amide bonds. The lowest BCUT2D eigenvalue weighted by Crippen LogP contribution is -2.52. The first-order valence-electron chi connectivity index (χ1n) is 8.40. The van der Waals surface area contributed by atoms with Crippen LogP contribution in [0.25, 0.3) is 0 Å². The summed E-state index contributed by atoms with van der Waals surface area (Å²) in [5, 5.41) is 8.97. The van der Waals surface area contributed by atoms with E-state index in [0.29, 0.717) is 19.7 Å². The van der Waals surface area contributed by atoms with Crippen molar-refractivity contribution in [2.24, 2.45) is 0 Å². The number of carboxylic acid groups (broad SMARTS) is 1. The second-order valence-electron chi connectivity index (χ2n) is 6.64. The van der Waals surface area contributed by atoms with Crippen molar-refractivity contribution in [3.8, 4) is 0 Å². The maximum atomic E-state index is 13.4. The Morgan fingerprint density at radius 2 is 1.92 bits per heavy atom. The lowest BCUT2D eigenvalue weighted by molar-refractivity contribution is -0.150. The average Bonchev–Trinajstić information content (AvgIpc) is 3.05. The predicted molar refractivity (Wildman–Crippen MR) is 92.9 cm³/mol. The topological polar surface area (TPSA) is 66.8 Å². The molecule has 0 aromatic heterocycles. The normalized spacial score (nSPS) is 23.2. The van der Waals surface area contributed by atoms with Gasteiger partial charge in [-0.15, -0.1) is 0 Å². The molecule has 130 valence electrons. The van der Waals surface area contributed by atoms with Crippen molar-refractivity contribution >= 4 is 27.8 Å². The summed E-state index contributed by atoms with van der Waals surface area (Å²) in [7, 11) is 0. The number of amides is 1. The fourth-order valence-electron chi connectivity index (χ4n) is 3.90. The van der Waals surface area contributed by atoms with Crippen molar-refractivity contribution < 1.29 is 19.4 Å². The molecular formula is C18H22BrNO4. The fraction of sp³-hybridized carbons (Fsp3) is 0.556. The summed E-state index contributed by atoms with van der Waals surface area (Å²) >= 11 is 3.45. The van der Waals surface area contributed by atoms with Gasteiger partial charge in [-0.25, -0.2) is 0 Å². The van der Waals surface area contributed by atoms with E-state index in [2.05, 4.69) is 15.9 Å². The Kier molecular flexibility index (Phi) is 5.25. The number of hydrogen-bond acceptors (Lipinski definition) is 3. The molecule has 1 unspecified atom stereocenters. The van der Waals surface area contributed by atoms with Gasteiger partial charge in [0.1, 0.15) is 0 Å². The first-order chi connectivity index (χ1) is 11.5. The lowest BCUT2D eigenvalue weighted by Gasteiger charge is -2.39. The molecule has 1 atom stereocenters. The molecule has 3 rings (SSSR count). The Morgan fingerprint density at radius 3 is 2.54 bits per heavy atom. The van der Waals surface area contributed by atoms with Crippen LogP contribution in [0.3, 0.4) is 0 Å². The molecular weight excluding hydrogens is 374 g/mol.